The number of carboxylic acids is 1. The number of nitriles is 1. The van der Waals surface area contributed by atoms with Gasteiger partial charge in [-0.25, -0.2) is 19.2 Å². The van der Waals surface area contributed by atoms with E-state index in [2.05, 4.69) is 19.8 Å². The fourth-order valence-electron chi connectivity index (χ4n) is 4.99. The number of nitrogens with zero attached hydrogens (tertiary/aromatic N) is 7. The maximum atomic E-state index is 14.2. The molecular formula is C29H28FN7O4. The lowest BCUT2D eigenvalue weighted by Gasteiger charge is -2.35. The van der Waals surface area contributed by atoms with E-state index in [1.165, 1.54) is 12.1 Å². The van der Waals surface area contributed by atoms with E-state index in [1.54, 1.807) is 24.3 Å². The van der Waals surface area contributed by atoms with Crippen LogP contribution in [0.4, 0.5) is 10.2 Å². The predicted octanol–water partition coefficient (Wildman–Crippen LogP) is 3.23. The number of imidazole rings is 1. The summed E-state index contributed by atoms with van der Waals surface area (Å²) in [6.07, 6.45) is 1.03. The Morgan fingerprint density at radius 3 is 2.66 bits per heavy atom. The van der Waals surface area contributed by atoms with Crippen molar-refractivity contribution in [1.29, 1.82) is 5.26 Å². The fourth-order valence-corrected chi connectivity index (χ4v) is 4.99. The van der Waals surface area contributed by atoms with E-state index in [1.807, 2.05) is 22.8 Å². The van der Waals surface area contributed by atoms with Crippen LogP contribution in [0.3, 0.4) is 0 Å². The average Bonchev–Trinajstić information content (AvgIpc) is 3.30. The molecule has 0 amide bonds. The van der Waals surface area contributed by atoms with E-state index in [-0.39, 0.29) is 24.0 Å². The van der Waals surface area contributed by atoms with Crippen molar-refractivity contribution in [1.82, 2.24) is 24.4 Å². The molecule has 11 nitrogen and oxygen atoms in total. The Kier molecular flexibility index (Phi) is 7.45. The molecule has 210 valence electrons. The number of hydrogen-bond acceptors (Lipinski definition) is 9. The maximum Gasteiger partial charge on any atom is 0.354 e. The second-order valence-electron chi connectivity index (χ2n) is 10.1. The zero-order valence-corrected chi connectivity index (χ0v) is 22.2. The number of pyridine rings is 2. The highest BCUT2D eigenvalue weighted by molar-refractivity contribution is 5.88. The highest BCUT2D eigenvalue weighted by Crippen LogP contribution is 2.23. The SMILES string of the molecule is N#Cc1ccc(COc2cccc(N3CCN(Cc4nc5ccc(C(=O)O)nc5n4C[C@@H]4CCO4)CC3)n2)c(F)c1. The summed E-state index contributed by atoms with van der Waals surface area (Å²) in [6, 6.07) is 14.9. The minimum atomic E-state index is -1.07. The van der Waals surface area contributed by atoms with Crippen molar-refractivity contribution in [3.63, 3.8) is 0 Å². The first-order valence-corrected chi connectivity index (χ1v) is 13.4. The second-order valence-corrected chi connectivity index (χ2v) is 10.1. The van der Waals surface area contributed by atoms with Crippen LogP contribution in [0.2, 0.25) is 0 Å². The predicted molar refractivity (Wildman–Crippen MR) is 146 cm³/mol. The van der Waals surface area contributed by atoms with Crippen molar-refractivity contribution < 1.29 is 23.8 Å². The smallest absolute Gasteiger partial charge is 0.354 e. The summed E-state index contributed by atoms with van der Waals surface area (Å²) in [5.74, 6) is 0.462. The number of aromatic carboxylic acids is 1. The molecule has 12 heteroatoms. The third-order valence-electron chi connectivity index (χ3n) is 7.40. The Bertz CT molecular complexity index is 1620. The van der Waals surface area contributed by atoms with Gasteiger partial charge in [0.25, 0.3) is 0 Å². The van der Waals surface area contributed by atoms with Crippen molar-refractivity contribution in [2.45, 2.75) is 32.2 Å². The maximum absolute atomic E-state index is 14.2. The van der Waals surface area contributed by atoms with Gasteiger partial charge in [0.05, 0.1) is 30.8 Å². The van der Waals surface area contributed by atoms with Gasteiger partial charge in [-0.15, -0.1) is 0 Å². The van der Waals surface area contributed by atoms with E-state index in [4.69, 9.17) is 19.7 Å². The Morgan fingerprint density at radius 1 is 1.12 bits per heavy atom. The highest BCUT2D eigenvalue weighted by atomic mass is 19.1. The van der Waals surface area contributed by atoms with Gasteiger partial charge in [-0.2, -0.15) is 10.2 Å². The zero-order valence-electron chi connectivity index (χ0n) is 22.2. The van der Waals surface area contributed by atoms with E-state index >= 15 is 0 Å². The number of aromatic nitrogens is 4. The van der Waals surface area contributed by atoms with Crippen LogP contribution < -0.4 is 9.64 Å². The second kappa shape index (κ2) is 11.5. The number of halogens is 1. The summed E-state index contributed by atoms with van der Waals surface area (Å²) < 4.78 is 27.6. The molecule has 5 heterocycles. The van der Waals surface area contributed by atoms with Crippen LogP contribution in [-0.2, 0) is 24.4 Å². The third kappa shape index (κ3) is 5.82. The van der Waals surface area contributed by atoms with Crippen molar-refractivity contribution in [3.8, 4) is 11.9 Å². The molecule has 0 bridgehead atoms. The van der Waals surface area contributed by atoms with Crippen LogP contribution in [0.25, 0.3) is 11.2 Å². The summed E-state index contributed by atoms with van der Waals surface area (Å²) in [6.45, 7) is 4.98. The number of hydrogen-bond donors (Lipinski definition) is 1. The molecule has 6 rings (SSSR count). The first-order chi connectivity index (χ1) is 20.0. The van der Waals surface area contributed by atoms with E-state index < -0.39 is 11.8 Å². The van der Waals surface area contributed by atoms with Crippen molar-refractivity contribution in [3.05, 3.63) is 77.0 Å². The molecule has 1 N–H and O–H groups in total. The van der Waals surface area contributed by atoms with Crippen molar-refractivity contribution in [2.24, 2.45) is 0 Å². The van der Waals surface area contributed by atoms with Crippen LogP contribution in [0.1, 0.15) is 33.9 Å². The quantitative estimate of drug-likeness (QED) is 0.327. The summed E-state index contributed by atoms with van der Waals surface area (Å²) >= 11 is 0. The molecule has 0 saturated carbocycles. The molecule has 2 aliphatic heterocycles. The minimum absolute atomic E-state index is 0.00547. The van der Waals surface area contributed by atoms with E-state index in [9.17, 15) is 14.3 Å². The van der Waals surface area contributed by atoms with E-state index in [0.29, 0.717) is 35.7 Å². The van der Waals surface area contributed by atoms with Crippen molar-refractivity contribution >= 4 is 23.0 Å². The molecule has 1 aromatic carbocycles. The number of fused-ring (bicyclic) bond motifs is 1. The average molecular weight is 558 g/mol. The lowest BCUT2D eigenvalue weighted by molar-refractivity contribution is -0.0592. The first-order valence-electron chi connectivity index (χ1n) is 13.4. The summed E-state index contributed by atoms with van der Waals surface area (Å²) in [4.78, 5) is 29.8. The molecule has 0 spiro atoms. The Balaban J connectivity index is 1.10. The molecule has 0 radical (unpaired) electrons. The lowest BCUT2D eigenvalue weighted by Crippen LogP contribution is -2.46. The van der Waals surface area contributed by atoms with Gasteiger partial charge < -0.3 is 24.0 Å². The molecule has 2 saturated heterocycles. The van der Waals surface area contributed by atoms with E-state index in [0.717, 1.165) is 50.8 Å². The van der Waals surface area contributed by atoms with Crippen LogP contribution in [0, 0.1) is 17.1 Å². The van der Waals surface area contributed by atoms with Gasteiger partial charge in [0.2, 0.25) is 5.88 Å². The Labute approximate surface area is 235 Å². The molecule has 2 aliphatic rings. The van der Waals surface area contributed by atoms with Gasteiger partial charge in [-0.3, -0.25) is 4.90 Å². The number of benzene rings is 1. The van der Waals surface area contributed by atoms with Crippen LogP contribution in [0.15, 0.2) is 48.5 Å². The summed E-state index contributed by atoms with van der Waals surface area (Å²) in [7, 11) is 0. The molecule has 0 unspecified atom stereocenters. The molecule has 0 aliphatic carbocycles. The van der Waals surface area contributed by atoms with Gasteiger partial charge in [0.1, 0.15) is 29.6 Å². The standard InChI is InChI=1S/C29H28FN7O4/c30-22-14-19(15-31)4-5-20(22)18-41-27-3-1-2-25(34-27)36-11-9-35(10-12-36)17-26-32-23-6-7-24(29(38)39)33-28(23)37(26)16-21-8-13-40-21/h1-7,14,21H,8-13,16-18H2,(H,38,39)/t21-/m0/s1. The van der Waals surface area contributed by atoms with Gasteiger partial charge in [-0.05, 0) is 36.8 Å². The Hall–Kier alpha value is -4.60. The molecule has 1 atom stereocenters. The van der Waals surface area contributed by atoms with Crippen LogP contribution in [-0.4, -0.2) is 74.4 Å². The van der Waals surface area contributed by atoms with Gasteiger partial charge >= 0.3 is 5.97 Å². The summed E-state index contributed by atoms with van der Waals surface area (Å²) in [5, 5.41) is 18.3. The molecule has 41 heavy (non-hydrogen) atoms. The molecule has 4 aromatic rings. The normalized spacial score (nSPS) is 17.3. The number of anilines is 1. The number of ether oxygens (including phenoxy) is 2. The molecule has 2 fully saturated rings. The number of piperazine rings is 1. The number of rotatable bonds is 9. The molecule has 3 aromatic heterocycles. The summed E-state index contributed by atoms with van der Waals surface area (Å²) in [5.41, 5.74) is 1.85. The highest BCUT2D eigenvalue weighted by Gasteiger charge is 2.25. The molecular weight excluding hydrogens is 529 g/mol. The fraction of sp³-hybridized carbons (Fsp3) is 0.345. The number of carboxylic acid groups (broad SMARTS) is 1. The van der Waals surface area contributed by atoms with Crippen LogP contribution in [0.5, 0.6) is 5.88 Å². The van der Waals surface area contributed by atoms with Gasteiger partial charge in [0, 0.05) is 44.4 Å². The zero-order chi connectivity index (χ0) is 28.3. The van der Waals surface area contributed by atoms with Gasteiger partial charge in [-0.1, -0.05) is 12.1 Å². The van der Waals surface area contributed by atoms with Gasteiger partial charge in [0.15, 0.2) is 11.3 Å². The lowest BCUT2D eigenvalue weighted by atomic mass is 10.1. The monoisotopic (exact) mass is 557 g/mol. The minimum Gasteiger partial charge on any atom is -0.477 e. The largest absolute Gasteiger partial charge is 0.477 e. The Morgan fingerprint density at radius 2 is 1.95 bits per heavy atom. The van der Waals surface area contributed by atoms with Crippen LogP contribution >= 0.6 is 0 Å². The number of carbonyl (C=O) groups is 1. The third-order valence-corrected chi connectivity index (χ3v) is 7.40. The topological polar surface area (TPSA) is 130 Å². The first kappa shape index (κ1) is 26.6. The van der Waals surface area contributed by atoms with Crippen molar-refractivity contribution in [2.75, 3.05) is 37.7 Å².